The van der Waals surface area contributed by atoms with Crippen molar-refractivity contribution >= 4 is 23.8 Å². The number of hydrogen-bond donors (Lipinski definition) is 2. The summed E-state index contributed by atoms with van der Waals surface area (Å²) in [5, 5.41) is 5.51. The molecule has 2 aliphatic rings. The van der Waals surface area contributed by atoms with Gasteiger partial charge >= 0.3 is 6.03 Å². The van der Waals surface area contributed by atoms with Gasteiger partial charge in [0.25, 0.3) is 5.91 Å². The third kappa shape index (κ3) is 5.08. The summed E-state index contributed by atoms with van der Waals surface area (Å²) < 4.78 is 5.14. The fourth-order valence-electron chi connectivity index (χ4n) is 3.31. The minimum Gasteiger partial charge on any atom is -0.497 e. The van der Waals surface area contributed by atoms with Crippen LogP contribution < -0.4 is 15.4 Å². The van der Waals surface area contributed by atoms with Gasteiger partial charge in [-0.15, -0.1) is 0 Å². The van der Waals surface area contributed by atoms with Gasteiger partial charge in [0.1, 0.15) is 17.8 Å². The van der Waals surface area contributed by atoms with Crippen LogP contribution in [0.4, 0.5) is 4.79 Å². The molecule has 0 aromatic heterocycles. The quantitative estimate of drug-likeness (QED) is 0.576. The van der Waals surface area contributed by atoms with Gasteiger partial charge in [-0.2, -0.15) is 0 Å². The third-order valence-corrected chi connectivity index (χ3v) is 5.46. The molecule has 1 aromatic carbocycles. The van der Waals surface area contributed by atoms with E-state index in [9.17, 15) is 19.2 Å². The zero-order valence-corrected chi connectivity index (χ0v) is 17.6. The van der Waals surface area contributed by atoms with Gasteiger partial charge in [0.2, 0.25) is 11.8 Å². The maximum absolute atomic E-state index is 12.9. The van der Waals surface area contributed by atoms with Crippen LogP contribution in [-0.4, -0.2) is 72.4 Å². The van der Waals surface area contributed by atoms with Crippen molar-refractivity contribution in [2.45, 2.75) is 44.2 Å². The average molecular weight is 416 g/mol. The average Bonchev–Trinajstić information content (AvgIpc) is 3.50. The molecular formula is C21H28N4O5. The van der Waals surface area contributed by atoms with Crippen LogP contribution in [0.15, 0.2) is 24.3 Å². The van der Waals surface area contributed by atoms with Gasteiger partial charge < -0.3 is 20.3 Å². The highest BCUT2D eigenvalue weighted by atomic mass is 16.5. The number of rotatable bonds is 9. The molecule has 30 heavy (non-hydrogen) atoms. The lowest BCUT2D eigenvalue weighted by molar-refractivity contribution is -0.139. The van der Waals surface area contributed by atoms with Crippen LogP contribution in [0.2, 0.25) is 0 Å². The molecule has 0 unspecified atom stereocenters. The van der Waals surface area contributed by atoms with Crippen molar-refractivity contribution in [2.24, 2.45) is 0 Å². The summed E-state index contributed by atoms with van der Waals surface area (Å²) >= 11 is 0. The van der Waals surface area contributed by atoms with Crippen LogP contribution in [0.1, 0.15) is 31.7 Å². The van der Waals surface area contributed by atoms with E-state index in [0.29, 0.717) is 12.8 Å². The molecule has 1 aliphatic heterocycles. The second-order valence-corrected chi connectivity index (χ2v) is 8.09. The molecule has 9 heteroatoms. The van der Waals surface area contributed by atoms with Crippen molar-refractivity contribution in [3.8, 4) is 5.75 Å². The minimum atomic E-state index is -1.08. The van der Waals surface area contributed by atoms with Crippen LogP contribution in [-0.2, 0) is 20.8 Å². The van der Waals surface area contributed by atoms with Gasteiger partial charge in [0.15, 0.2) is 0 Å². The van der Waals surface area contributed by atoms with Gasteiger partial charge in [-0.3, -0.25) is 19.3 Å². The lowest BCUT2D eigenvalue weighted by Crippen LogP contribution is -2.47. The summed E-state index contributed by atoms with van der Waals surface area (Å²) in [5.74, 6) is -0.404. The lowest BCUT2D eigenvalue weighted by Gasteiger charge is -2.23. The molecule has 0 radical (unpaired) electrons. The molecule has 1 atom stereocenters. The molecule has 162 valence electrons. The van der Waals surface area contributed by atoms with Crippen molar-refractivity contribution in [1.29, 1.82) is 0 Å². The first-order valence-electron chi connectivity index (χ1n) is 10.0. The Bertz CT molecular complexity index is 836. The standard InChI is InChI=1S/C21H28N4O5/c1-21(11-10-14-4-8-16(30-3)9-5-14)19(28)25(20(29)23-21)13-18(27)24(2)12-17(26)22-15-6-7-15/h4-5,8-9,15H,6-7,10-13H2,1-3H3,(H,22,26)(H,23,29)/t21-/m1/s1. The van der Waals surface area contributed by atoms with Crippen LogP contribution >= 0.6 is 0 Å². The summed E-state index contributed by atoms with van der Waals surface area (Å²) in [7, 11) is 3.08. The number of nitrogens with one attached hydrogen (secondary N) is 2. The first kappa shape index (κ1) is 21.6. The van der Waals surface area contributed by atoms with Gasteiger partial charge in [-0.1, -0.05) is 12.1 Å². The zero-order chi connectivity index (χ0) is 21.9. The van der Waals surface area contributed by atoms with Crippen molar-refractivity contribution in [3.05, 3.63) is 29.8 Å². The number of benzene rings is 1. The fourth-order valence-corrected chi connectivity index (χ4v) is 3.31. The van der Waals surface area contributed by atoms with E-state index in [1.54, 1.807) is 14.0 Å². The number of carbonyl (C=O) groups is 4. The van der Waals surface area contributed by atoms with Crippen molar-refractivity contribution in [3.63, 3.8) is 0 Å². The van der Waals surface area contributed by atoms with Gasteiger partial charge in [0.05, 0.1) is 13.7 Å². The number of amides is 5. The largest absolute Gasteiger partial charge is 0.497 e. The number of urea groups is 1. The van der Waals surface area contributed by atoms with Crippen molar-refractivity contribution in [1.82, 2.24) is 20.4 Å². The SMILES string of the molecule is COc1ccc(CC[C@@]2(C)NC(=O)N(CC(=O)N(C)CC(=O)NC3CC3)C2=O)cc1. The number of likely N-dealkylation sites (N-methyl/N-ethyl adjacent to an activating group) is 1. The van der Waals surface area contributed by atoms with Crippen molar-refractivity contribution < 1.29 is 23.9 Å². The summed E-state index contributed by atoms with van der Waals surface area (Å²) in [6.07, 6.45) is 2.89. The van der Waals surface area contributed by atoms with Gasteiger partial charge in [-0.05, 0) is 50.3 Å². The Morgan fingerprint density at radius 2 is 1.93 bits per heavy atom. The Labute approximate surface area is 175 Å². The Balaban J connectivity index is 1.54. The maximum Gasteiger partial charge on any atom is 0.325 e. The molecule has 1 saturated carbocycles. The summed E-state index contributed by atoms with van der Waals surface area (Å²) in [6.45, 7) is 1.16. The molecule has 1 saturated heterocycles. The fraction of sp³-hybridized carbons (Fsp3) is 0.524. The second kappa shape index (κ2) is 8.73. The highest BCUT2D eigenvalue weighted by molar-refractivity contribution is 6.08. The maximum atomic E-state index is 12.9. The molecule has 2 N–H and O–H groups in total. The predicted molar refractivity (Wildman–Crippen MR) is 109 cm³/mol. The highest BCUT2D eigenvalue weighted by Crippen LogP contribution is 2.24. The topological polar surface area (TPSA) is 108 Å². The monoisotopic (exact) mass is 416 g/mol. The van der Waals surface area contributed by atoms with E-state index in [4.69, 9.17) is 4.74 Å². The van der Waals surface area contributed by atoms with E-state index >= 15 is 0 Å². The Morgan fingerprint density at radius 1 is 1.27 bits per heavy atom. The number of imide groups is 1. The molecule has 3 rings (SSSR count). The van der Waals surface area contributed by atoms with Crippen LogP contribution in [0.25, 0.3) is 0 Å². The van der Waals surface area contributed by atoms with E-state index < -0.39 is 29.9 Å². The van der Waals surface area contributed by atoms with Crippen LogP contribution in [0.3, 0.4) is 0 Å². The van der Waals surface area contributed by atoms with Gasteiger partial charge in [-0.25, -0.2) is 4.79 Å². The molecule has 5 amide bonds. The lowest BCUT2D eigenvalue weighted by atomic mass is 9.93. The Kier molecular flexibility index (Phi) is 6.28. The molecule has 0 spiro atoms. The smallest absolute Gasteiger partial charge is 0.325 e. The second-order valence-electron chi connectivity index (χ2n) is 8.09. The summed E-state index contributed by atoms with van der Waals surface area (Å²) in [5.41, 5.74) is -0.0748. The van der Waals surface area contributed by atoms with Gasteiger partial charge in [0, 0.05) is 13.1 Å². The molecule has 2 fully saturated rings. The molecular weight excluding hydrogens is 388 g/mol. The van der Waals surface area contributed by atoms with E-state index in [1.165, 1.54) is 11.9 Å². The van der Waals surface area contributed by atoms with E-state index in [1.807, 2.05) is 24.3 Å². The first-order chi connectivity index (χ1) is 14.2. The molecule has 1 aromatic rings. The van der Waals surface area contributed by atoms with Crippen LogP contribution in [0.5, 0.6) is 5.75 Å². The highest BCUT2D eigenvalue weighted by Gasteiger charge is 2.48. The number of hydrogen-bond acceptors (Lipinski definition) is 5. The zero-order valence-electron chi connectivity index (χ0n) is 17.6. The number of ether oxygens (including phenoxy) is 1. The van der Waals surface area contributed by atoms with Crippen LogP contribution in [0, 0.1) is 0 Å². The Hall–Kier alpha value is -3.10. The van der Waals surface area contributed by atoms with E-state index in [-0.39, 0.29) is 18.5 Å². The number of carbonyl (C=O) groups excluding carboxylic acids is 4. The molecule has 0 bridgehead atoms. The van der Waals surface area contributed by atoms with Crippen molar-refractivity contribution in [2.75, 3.05) is 27.2 Å². The number of methoxy groups -OCH3 is 1. The predicted octanol–water partition coefficient (Wildman–Crippen LogP) is 0.675. The number of nitrogens with zero attached hydrogens (tertiary/aromatic N) is 2. The molecule has 1 aliphatic carbocycles. The first-order valence-corrected chi connectivity index (χ1v) is 10.0. The summed E-state index contributed by atoms with van der Waals surface area (Å²) in [4.78, 5) is 51.7. The summed E-state index contributed by atoms with van der Waals surface area (Å²) in [6, 6.07) is 7.11. The number of aryl methyl sites for hydroxylation is 1. The third-order valence-electron chi connectivity index (χ3n) is 5.46. The minimum absolute atomic E-state index is 0.103. The van der Waals surface area contributed by atoms with E-state index in [2.05, 4.69) is 10.6 Å². The molecule has 1 heterocycles. The Morgan fingerprint density at radius 3 is 2.53 bits per heavy atom. The van der Waals surface area contributed by atoms with E-state index in [0.717, 1.165) is 29.1 Å². The molecule has 9 nitrogen and oxygen atoms in total. The normalized spacial score (nSPS) is 20.7.